The van der Waals surface area contributed by atoms with Gasteiger partial charge >= 0.3 is 0 Å². The summed E-state index contributed by atoms with van der Waals surface area (Å²) in [6.45, 7) is 8.60. The van der Waals surface area contributed by atoms with E-state index in [4.69, 9.17) is 14.2 Å². The maximum Gasteiger partial charge on any atom is 0.254 e. The predicted octanol–water partition coefficient (Wildman–Crippen LogP) is 2.59. The van der Waals surface area contributed by atoms with Crippen molar-refractivity contribution in [2.75, 3.05) is 91.2 Å². The number of morpholine rings is 1. The molecule has 2 amide bonds. The van der Waals surface area contributed by atoms with Gasteiger partial charge in [0.25, 0.3) is 5.91 Å². The monoisotopic (exact) mass is 588 g/mol. The molecule has 3 heterocycles. The van der Waals surface area contributed by atoms with Crippen molar-refractivity contribution in [2.45, 2.75) is 6.92 Å². The Bertz CT molecular complexity index is 1390. The molecule has 3 aromatic rings. The molecule has 0 spiro atoms. The third kappa shape index (κ3) is 7.41. The number of aryl methyl sites for hydroxylation is 1. The fourth-order valence-electron chi connectivity index (χ4n) is 5.41. The van der Waals surface area contributed by atoms with Crippen LogP contribution in [0.1, 0.15) is 15.9 Å². The molecule has 2 aromatic carbocycles. The van der Waals surface area contributed by atoms with E-state index in [2.05, 4.69) is 20.0 Å². The van der Waals surface area contributed by atoms with E-state index in [-0.39, 0.29) is 18.4 Å². The van der Waals surface area contributed by atoms with Crippen molar-refractivity contribution in [3.8, 4) is 22.8 Å². The second-order valence-electron chi connectivity index (χ2n) is 10.7. The number of nitrogens with zero attached hydrogens (tertiary/aromatic N) is 6. The zero-order valence-corrected chi connectivity index (χ0v) is 25.2. The van der Waals surface area contributed by atoms with E-state index in [9.17, 15) is 9.59 Å². The quantitative estimate of drug-likeness (QED) is 0.354. The number of ether oxygens (including phenoxy) is 3. The number of piperazine rings is 1. The zero-order chi connectivity index (χ0) is 30.2. The Kier molecular flexibility index (Phi) is 10.1. The fraction of sp³-hybridized carbons (Fsp3) is 0.438. The van der Waals surface area contributed by atoms with Crippen LogP contribution in [0.15, 0.2) is 54.6 Å². The molecule has 0 atom stereocenters. The summed E-state index contributed by atoms with van der Waals surface area (Å²) in [5.74, 6) is 1.90. The van der Waals surface area contributed by atoms with Crippen LogP contribution >= 0.6 is 0 Å². The lowest BCUT2D eigenvalue weighted by molar-refractivity contribution is -0.132. The second kappa shape index (κ2) is 14.3. The van der Waals surface area contributed by atoms with Crippen LogP contribution in [0.2, 0.25) is 0 Å². The van der Waals surface area contributed by atoms with Gasteiger partial charge in [-0.3, -0.25) is 14.5 Å². The van der Waals surface area contributed by atoms with E-state index in [1.165, 1.54) is 0 Å². The molecule has 11 heteroatoms. The molecule has 228 valence electrons. The molecule has 0 aliphatic carbocycles. The van der Waals surface area contributed by atoms with Crippen molar-refractivity contribution in [1.82, 2.24) is 24.9 Å². The summed E-state index contributed by atoms with van der Waals surface area (Å²) in [7, 11) is 3.21. The van der Waals surface area contributed by atoms with Gasteiger partial charge in [-0.2, -0.15) is 0 Å². The largest absolute Gasteiger partial charge is 0.493 e. The van der Waals surface area contributed by atoms with Gasteiger partial charge in [0.05, 0.1) is 33.1 Å². The molecular weight excluding hydrogens is 548 g/mol. The number of carbonyl (C=O) groups excluding carboxylic acids is 2. The molecule has 11 nitrogen and oxygen atoms in total. The standard InChI is InChI=1S/C32H40N6O5/c1-24-6-4-5-7-26(24)32(40)38(13-12-35-18-20-43-21-19-35)23-31(39)37-16-14-36(15-17-37)30-11-9-27(33-34-30)25-8-10-28(41-2)29(22-25)42-3/h4-11,22H,12-21,23H2,1-3H3. The minimum Gasteiger partial charge on any atom is -0.493 e. The molecule has 0 bridgehead atoms. The smallest absolute Gasteiger partial charge is 0.254 e. The third-order valence-corrected chi connectivity index (χ3v) is 8.06. The maximum atomic E-state index is 13.6. The van der Waals surface area contributed by atoms with Crippen LogP contribution in [0.25, 0.3) is 11.3 Å². The van der Waals surface area contributed by atoms with Crippen LogP contribution in [0, 0.1) is 6.92 Å². The van der Waals surface area contributed by atoms with Crippen molar-refractivity contribution in [3.63, 3.8) is 0 Å². The van der Waals surface area contributed by atoms with Gasteiger partial charge in [0, 0.05) is 63.5 Å². The van der Waals surface area contributed by atoms with Gasteiger partial charge in [-0.1, -0.05) is 18.2 Å². The van der Waals surface area contributed by atoms with Crippen molar-refractivity contribution in [1.29, 1.82) is 0 Å². The zero-order valence-electron chi connectivity index (χ0n) is 25.2. The molecule has 1 aromatic heterocycles. The second-order valence-corrected chi connectivity index (χ2v) is 10.7. The summed E-state index contributed by atoms with van der Waals surface area (Å²) < 4.78 is 16.2. The molecule has 0 N–H and O–H groups in total. The molecule has 0 radical (unpaired) electrons. The Morgan fingerprint density at radius 3 is 2.30 bits per heavy atom. The molecule has 2 fully saturated rings. The van der Waals surface area contributed by atoms with Crippen molar-refractivity contribution < 1.29 is 23.8 Å². The number of rotatable bonds is 10. The molecule has 0 saturated carbocycles. The Morgan fingerprint density at radius 2 is 1.63 bits per heavy atom. The third-order valence-electron chi connectivity index (χ3n) is 8.06. The highest BCUT2D eigenvalue weighted by Gasteiger charge is 2.27. The van der Waals surface area contributed by atoms with Gasteiger partial charge in [0.1, 0.15) is 6.54 Å². The number of benzene rings is 2. The topological polar surface area (TPSA) is 101 Å². The molecule has 5 rings (SSSR count). The Morgan fingerprint density at radius 1 is 0.884 bits per heavy atom. The number of aromatic nitrogens is 2. The average molecular weight is 589 g/mol. The van der Waals surface area contributed by atoms with Crippen molar-refractivity contribution >= 4 is 17.6 Å². The first-order valence-corrected chi connectivity index (χ1v) is 14.7. The average Bonchev–Trinajstić information content (AvgIpc) is 3.06. The predicted molar refractivity (Wildman–Crippen MR) is 164 cm³/mol. The molecule has 2 saturated heterocycles. The first-order chi connectivity index (χ1) is 21.0. The van der Waals surface area contributed by atoms with Gasteiger partial charge in [0.15, 0.2) is 17.3 Å². The van der Waals surface area contributed by atoms with Crippen LogP contribution in [-0.2, 0) is 9.53 Å². The van der Waals surface area contributed by atoms with E-state index in [1.54, 1.807) is 19.1 Å². The van der Waals surface area contributed by atoms with Crippen LogP contribution in [0.3, 0.4) is 0 Å². The highest BCUT2D eigenvalue weighted by Crippen LogP contribution is 2.31. The van der Waals surface area contributed by atoms with E-state index in [0.717, 1.165) is 35.7 Å². The Labute approximate surface area is 252 Å². The van der Waals surface area contributed by atoms with E-state index >= 15 is 0 Å². The summed E-state index contributed by atoms with van der Waals surface area (Å²) in [6.07, 6.45) is 0. The van der Waals surface area contributed by atoms with Gasteiger partial charge in [0.2, 0.25) is 5.91 Å². The van der Waals surface area contributed by atoms with Crippen LogP contribution in [0.4, 0.5) is 5.82 Å². The molecule has 2 aliphatic heterocycles. The first kappa shape index (κ1) is 30.2. The number of hydrogen-bond donors (Lipinski definition) is 0. The summed E-state index contributed by atoms with van der Waals surface area (Å²) in [4.78, 5) is 35.0. The van der Waals surface area contributed by atoms with E-state index in [1.807, 2.05) is 66.4 Å². The van der Waals surface area contributed by atoms with Gasteiger partial charge < -0.3 is 28.9 Å². The number of methoxy groups -OCH3 is 2. The first-order valence-electron chi connectivity index (χ1n) is 14.7. The summed E-state index contributed by atoms with van der Waals surface area (Å²) in [5, 5.41) is 8.90. The van der Waals surface area contributed by atoms with Crippen LogP contribution in [-0.4, -0.2) is 123 Å². The number of anilines is 1. The minimum atomic E-state index is -0.108. The SMILES string of the molecule is COc1ccc(-c2ccc(N3CCN(C(=O)CN(CCN4CCOCC4)C(=O)c4ccccc4C)CC3)nn2)cc1OC. The van der Waals surface area contributed by atoms with Gasteiger partial charge in [-0.25, -0.2) is 0 Å². The van der Waals surface area contributed by atoms with E-state index in [0.29, 0.717) is 69.5 Å². The highest BCUT2D eigenvalue weighted by atomic mass is 16.5. The van der Waals surface area contributed by atoms with Gasteiger partial charge in [-0.05, 0) is 48.9 Å². The van der Waals surface area contributed by atoms with E-state index < -0.39 is 0 Å². The lowest BCUT2D eigenvalue weighted by atomic mass is 10.1. The highest BCUT2D eigenvalue weighted by molar-refractivity contribution is 5.97. The minimum absolute atomic E-state index is 0.0431. The van der Waals surface area contributed by atoms with Crippen molar-refractivity contribution in [3.05, 3.63) is 65.7 Å². The molecular formula is C32H40N6O5. The lowest BCUT2D eigenvalue weighted by Gasteiger charge is -2.36. The summed E-state index contributed by atoms with van der Waals surface area (Å²) >= 11 is 0. The number of hydrogen-bond acceptors (Lipinski definition) is 9. The maximum absolute atomic E-state index is 13.6. The summed E-state index contributed by atoms with van der Waals surface area (Å²) in [6, 6.07) is 17.1. The van der Waals surface area contributed by atoms with Crippen molar-refractivity contribution in [2.24, 2.45) is 0 Å². The lowest BCUT2D eigenvalue weighted by Crippen LogP contribution is -2.53. The van der Waals surface area contributed by atoms with Crippen LogP contribution < -0.4 is 14.4 Å². The number of carbonyl (C=O) groups is 2. The molecule has 2 aliphatic rings. The fourth-order valence-corrected chi connectivity index (χ4v) is 5.41. The van der Waals surface area contributed by atoms with Gasteiger partial charge in [-0.15, -0.1) is 10.2 Å². The Balaban J connectivity index is 1.19. The van der Waals surface area contributed by atoms with Crippen LogP contribution in [0.5, 0.6) is 11.5 Å². The molecule has 43 heavy (non-hydrogen) atoms. The normalized spacial score (nSPS) is 15.7. The Hall–Kier alpha value is -4.22. The number of amides is 2. The molecule has 0 unspecified atom stereocenters. The summed E-state index contributed by atoms with van der Waals surface area (Å²) in [5.41, 5.74) is 3.15.